The van der Waals surface area contributed by atoms with Crippen molar-refractivity contribution in [2.45, 2.75) is 31.7 Å². The molecule has 0 radical (unpaired) electrons. The second-order valence-corrected chi connectivity index (χ2v) is 7.58. The van der Waals surface area contributed by atoms with Gasteiger partial charge in [-0.05, 0) is 30.9 Å². The van der Waals surface area contributed by atoms with Crippen LogP contribution in [0.5, 0.6) is 0 Å². The van der Waals surface area contributed by atoms with E-state index < -0.39 is 5.82 Å². The third-order valence-electron chi connectivity index (χ3n) is 5.82. The molecular formula is C21H30FN3O3. The number of amides is 2. The summed E-state index contributed by atoms with van der Waals surface area (Å²) >= 11 is 0. The molecule has 0 bridgehead atoms. The molecule has 1 aliphatic heterocycles. The van der Waals surface area contributed by atoms with Gasteiger partial charge in [-0.1, -0.05) is 25.0 Å². The first-order chi connectivity index (χ1) is 13.6. The van der Waals surface area contributed by atoms with Crippen molar-refractivity contribution in [3.8, 4) is 0 Å². The lowest BCUT2D eigenvalue weighted by Gasteiger charge is -2.40. The summed E-state index contributed by atoms with van der Waals surface area (Å²) in [5, 5.41) is 2.99. The lowest BCUT2D eigenvalue weighted by Crippen LogP contribution is -2.58. The molecule has 1 heterocycles. The summed E-state index contributed by atoms with van der Waals surface area (Å²) < 4.78 is 19.0. The molecule has 28 heavy (non-hydrogen) atoms. The van der Waals surface area contributed by atoms with E-state index in [1.54, 1.807) is 24.1 Å². The van der Waals surface area contributed by atoms with Gasteiger partial charge in [-0.25, -0.2) is 4.39 Å². The van der Waals surface area contributed by atoms with E-state index in [-0.39, 0.29) is 23.4 Å². The molecule has 1 saturated carbocycles. The summed E-state index contributed by atoms with van der Waals surface area (Å²) in [6, 6.07) is 5.93. The first-order valence-electron chi connectivity index (χ1n) is 10.2. The number of hydrogen-bond donors (Lipinski definition) is 1. The van der Waals surface area contributed by atoms with Crippen LogP contribution >= 0.6 is 0 Å². The third kappa shape index (κ3) is 4.89. The zero-order chi connectivity index (χ0) is 19.9. The molecule has 2 aliphatic rings. The van der Waals surface area contributed by atoms with Crippen LogP contribution in [0.4, 0.5) is 4.39 Å². The van der Waals surface area contributed by atoms with Crippen LogP contribution in [0.3, 0.4) is 0 Å². The number of rotatable bonds is 7. The molecule has 7 heteroatoms. The van der Waals surface area contributed by atoms with E-state index in [4.69, 9.17) is 4.74 Å². The number of piperazine rings is 1. The highest BCUT2D eigenvalue weighted by Crippen LogP contribution is 2.31. The van der Waals surface area contributed by atoms with E-state index in [0.29, 0.717) is 45.2 Å². The van der Waals surface area contributed by atoms with Gasteiger partial charge in [-0.2, -0.15) is 0 Å². The Labute approximate surface area is 166 Å². The fraction of sp³-hybridized carbons (Fsp3) is 0.619. The van der Waals surface area contributed by atoms with Crippen molar-refractivity contribution >= 4 is 11.8 Å². The lowest BCUT2D eigenvalue weighted by molar-refractivity contribution is -0.129. The average Bonchev–Trinajstić information content (AvgIpc) is 3.23. The maximum atomic E-state index is 13.9. The Morgan fingerprint density at radius 3 is 2.50 bits per heavy atom. The van der Waals surface area contributed by atoms with Crippen LogP contribution in [-0.2, 0) is 9.53 Å². The molecule has 1 N–H and O–H groups in total. The molecule has 3 rings (SSSR count). The summed E-state index contributed by atoms with van der Waals surface area (Å²) in [6.07, 6.45) is 4.46. The van der Waals surface area contributed by atoms with E-state index in [1.807, 2.05) is 0 Å². The smallest absolute Gasteiger partial charge is 0.256 e. The number of benzene rings is 1. The predicted octanol–water partition coefficient (Wildman–Crippen LogP) is 1.90. The van der Waals surface area contributed by atoms with Crippen LogP contribution in [0.2, 0.25) is 0 Å². The molecule has 154 valence electrons. The first kappa shape index (κ1) is 20.7. The van der Waals surface area contributed by atoms with Crippen molar-refractivity contribution in [1.82, 2.24) is 15.1 Å². The van der Waals surface area contributed by atoms with Crippen LogP contribution in [-0.4, -0.2) is 74.1 Å². The maximum absolute atomic E-state index is 13.9. The summed E-state index contributed by atoms with van der Waals surface area (Å²) in [5.74, 6) is -0.356. The van der Waals surface area contributed by atoms with E-state index in [1.165, 1.54) is 12.1 Å². The second kappa shape index (κ2) is 9.98. The van der Waals surface area contributed by atoms with E-state index in [0.717, 1.165) is 25.7 Å². The highest BCUT2D eigenvalue weighted by atomic mass is 19.1. The number of hydrogen-bond acceptors (Lipinski definition) is 4. The fourth-order valence-corrected chi connectivity index (χ4v) is 4.34. The minimum atomic E-state index is -0.490. The average molecular weight is 391 g/mol. The van der Waals surface area contributed by atoms with Gasteiger partial charge in [0.05, 0.1) is 18.2 Å². The van der Waals surface area contributed by atoms with Crippen LogP contribution in [0.1, 0.15) is 36.0 Å². The zero-order valence-corrected chi connectivity index (χ0v) is 16.5. The van der Waals surface area contributed by atoms with Crippen LogP contribution < -0.4 is 5.32 Å². The van der Waals surface area contributed by atoms with E-state index in [9.17, 15) is 14.0 Å². The minimum absolute atomic E-state index is 0.0535. The topological polar surface area (TPSA) is 61.9 Å². The van der Waals surface area contributed by atoms with Crippen molar-refractivity contribution in [1.29, 1.82) is 0 Å². The van der Waals surface area contributed by atoms with Crippen LogP contribution in [0.15, 0.2) is 24.3 Å². The molecule has 1 aromatic carbocycles. The number of halogens is 1. The molecule has 0 spiro atoms. The van der Waals surface area contributed by atoms with Crippen molar-refractivity contribution in [3.63, 3.8) is 0 Å². The van der Waals surface area contributed by atoms with Crippen molar-refractivity contribution in [2.24, 2.45) is 5.92 Å². The number of nitrogens with one attached hydrogen (secondary N) is 1. The van der Waals surface area contributed by atoms with Gasteiger partial charge >= 0.3 is 0 Å². The van der Waals surface area contributed by atoms with Gasteiger partial charge in [0.1, 0.15) is 5.82 Å². The van der Waals surface area contributed by atoms with Crippen molar-refractivity contribution in [3.05, 3.63) is 35.6 Å². The van der Waals surface area contributed by atoms with Crippen LogP contribution in [0.25, 0.3) is 0 Å². The number of nitrogens with zero attached hydrogens (tertiary/aromatic N) is 2. The number of methoxy groups -OCH3 is 1. The summed E-state index contributed by atoms with van der Waals surface area (Å²) in [7, 11) is 1.62. The lowest BCUT2D eigenvalue weighted by atomic mass is 9.95. The molecule has 2 amide bonds. The van der Waals surface area contributed by atoms with Gasteiger partial charge in [0.25, 0.3) is 5.91 Å². The molecule has 1 saturated heterocycles. The van der Waals surface area contributed by atoms with Crippen molar-refractivity contribution < 1.29 is 18.7 Å². The Kier molecular flexibility index (Phi) is 7.39. The van der Waals surface area contributed by atoms with E-state index in [2.05, 4.69) is 10.2 Å². The molecule has 1 atom stereocenters. The number of carbonyl (C=O) groups is 2. The largest absolute Gasteiger partial charge is 0.383 e. The molecule has 1 aromatic rings. The SMILES string of the molecule is COCCNC(=O)C(C1CCCC1)N1CCN(C(=O)c2ccccc2F)CC1. The quantitative estimate of drug-likeness (QED) is 0.722. The Hall–Kier alpha value is -1.99. The fourth-order valence-electron chi connectivity index (χ4n) is 4.34. The molecule has 6 nitrogen and oxygen atoms in total. The van der Waals surface area contributed by atoms with Gasteiger partial charge < -0.3 is 15.0 Å². The molecule has 1 unspecified atom stereocenters. The number of carbonyl (C=O) groups excluding carboxylic acids is 2. The molecule has 2 fully saturated rings. The summed E-state index contributed by atoms with van der Waals surface area (Å²) in [4.78, 5) is 29.4. The predicted molar refractivity (Wildman–Crippen MR) is 105 cm³/mol. The summed E-state index contributed by atoms with van der Waals surface area (Å²) in [6.45, 7) is 3.25. The molecule has 1 aliphatic carbocycles. The van der Waals surface area contributed by atoms with Gasteiger partial charge in [-0.3, -0.25) is 14.5 Å². The Balaban J connectivity index is 1.62. The maximum Gasteiger partial charge on any atom is 0.256 e. The Morgan fingerprint density at radius 1 is 1.18 bits per heavy atom. The van der Waals surface area contributed by atoms with Gasteiger partial charge in [-0.15, -0.1) is 0 Å². The standard InChI is InChI=1S/C21H30FN3O3/c1-28-15-10-23-20(26)19(16-6-2-3-7-16)24-11-13-25(14-12-24)21(27)17-8-4-5-9-18(17)22/h4-5,8-9,16,19H,2-3,6-7,10-15H2,1H3,(H,23,26). The molecular weight excluding hydrogens is 361 g/mol. The monoisotopic (exact) mass is 391 g/mol. The van der Waals surface area contributed by atoms with Gasteiger partial charge in [0, 0.05) is 39.8 Å². The zero-order valence-electron chi connectivity index (χ0n) is 16.5. The molecule has 0 aromatic heterocycles. The summed E-state index contributed by atoms with van der Waals surface area (Å²) in [5.41, 5.74) is 0.112. The first-order valence-corrected chi connectivity index (χ1v) is 10.2. The third-order valence-corrected chi connectivity index (χ3v) is 5.82. The Morgan fingerprint density at radius 2 is 1.86 bits per heavy atom. The normalized spacial score (nSPS) is 19.6. The van der Waals surface area contributed by atoms with Crippen molar-refractivity contribution in [2.75, 3.05) is 46.4 Å². The van der Waals surface area contributed by atoms with Crippen LogP contribution in [0, 0.1) is 11.7 Å². The van der Waals surface area contributed by atoms with Gasteiger partial charge in [0.15, 0.2) is 0 Å². The Bertz CT molecular complexity index is 671. The second-order valence-electron chi connectivity index (χ2n) is 7.58. The van der Waals surface area contributed by atoms with Gasteiger partial charge in [0.2, 0.25) is 5.91 Å². The highest BCUT2D eigenvalue weighted by molar-refractivity contribution is 5.94. The minimum Gasteiger partial charge on any atom is -0.383 e. The highest BCUT2D eigenvalue weighted by Gasteiger charge is 2.37. The van der Waals surface area contributed by atoms with E-state index >= 15 is 0 Å². The number of ether oxygens (including phenoxy) is 1.